The number of fused-ring (bicyclic) bond motifs is 2. The van der Waals surface area contributed by atoms with E-state index < -0.39 is 5.82 Å². The summed E-state index contributed by atoms with van der Waals surface area (Å²) in [6, 6.07) is 8.37. The van der Waals surface area contributed by atoms with Gasteiger partial charge in [-0.15, -0.1) is 0 Å². The van der Waals surface area contributed by atoms with Gasteiger partial charge in [0, 0.05) is 22.6 Å². The molecule has 0 bridgehead atoms. The van der Waals surface area contributed by atoms with Crippen molar-refractivity contribution in [1.82, 2.24) is 9.88 Å². The van der Waals surface area contributed by atoms with Gasteiger partial charge in [0.05, 0.1) is 43.2 Å². The fourth-order valence-corrected chi connectivity index (χ4v) is 4.37. The Bertz CT molecular complexity index is 1190. The standard InChI is InChI=1S/C23H22FN3O3/c1-29-13-6-9-18(30-2)15(10-13)19-16(24)8-7-14-21(25)20-17(26-22(14)19)11-27(23(20)28)12-4-3-5-12/h6-10,12H,3-5,11H2,1-2H3,(H2,25,26). The third-order valence-corrected chi connectivity index (χ3v) is 6.21. The van der Waals surface area contributed by atoms with Crippen LogP contribution in [0.25, 0.3) is 22.0 Å². The van der Waals surface area contributed by atoms with Gasteiger partial charge in [-0.3, -0.25) is 4.79 Å². The number of benzene rings is 2. The largest absolute Gasteiger partial charge is 0.497 e. The van der Waals surface area contributed by atoms with Crippen LogP contribution in [0.15, 0.2) is 30.3 Å². The first-order chi connectivity index (χ1) is 14.5. The number of nitrogens with zero attached hydrogens (tertiary/aromatic N) is 2. The zero-order chi connectivity index (χ0) is 21.0. The summed E-state index contributed by atoms with van der Waals surface area (Å²) < 4.78 is 25.9. The molecule has 154 valence electrons. The number of pyridine rings is 1. The maximum Gasteiger partial charge on any atom is 0.258 e. The van der Waals surface area contributed by atoms with Gasteiger partial charge < -0.3 is 20.1 Å². The first-order valence-corrected chi connectivity index (χ1v) is 9.97. The molecular weight excluding hydrogens is 385 g/mol. The predicted octanol–water partition coefficient (Wildman–Crippen LogP) is 4.15. The lowest BCUT2D eigenvalue weighted by Crippen LogP contribution is -2.40. The van der Waals surface area contributed by atoms with Crippen LogP contribution in [0.4, 0.5) is 10.1 Å². The molecule has 1 fully saturated rings. The summed E-state index contributed by atoms with van der Waals surface area (Å²) >= 11 is 0. The number of ether oxygens (including phenoxy) is 2. The van der Waals surface area contributed by atoms with Crippen molar-refractivity contribution in [1.29, 1.82) is 0 Å². The van der Waals surface area contributed by atoms with Gasteiger partial charge in [-0.25, -0.2) is 9.37 Å². The SMILES string of the molecule is COc1ccc(OC)c(-c2c(F)ccc3c(N)c4c(nc23)CN(C2CCC2)C4=O)c1. The van der Waals surface area contributed by atoms with E-state index in [0.717, 1.165) is 19.3 Å². The molecule has 30 heavy (non-hydrogen) atoms. The Morgan fingerprint density at radius 2 is 1.93 bits per heavy atom. The fraction of sp³-hybridized carbons (Fsp3) is 0.304. The van der Waals surface area contributed by atoms with E-state index in [-0.39, 0.29) is 17.5 Å². The molecule has 2 aliphatic rings. The van der Waals surface area contributed by atoms with E-state index in [1.165, 1.54) is 13.2 Å². The van der Waals surface area contributed by atoms with Crippen molar-refractivity contribution in [2.45, 2.75) is 31.8 Å². The maximum atomic E-state index is 15.1. The van der Waals surface area contributed by atoms with Crippen molar-refractivity contribution in [3.05, 3.63) is 47.4 Å². The van der Waals surface area contributed by atoms with Crippen molar-refractivity contribution in [3.8, 4) is 22.6 Å². The van der Waals surface area contributed by atoms with Crippen LogP contribution in [0.5, 0.6) is 11.5 Å². The molecule has 0 atom stereocenters. The minimum Gasteiger partial charge on any atom is -0.497 e. The topological polar surface area (TPSA) is 77.7 Å². The van der Waals surface area contributed by atoms with E-state index in [4.69, 9.17) is 20.2 Å². The molecule has 1 aromatic heterocycles. The quantitative estimate of drug-likeness (QED) is 0.703. The Labute approximate surface area is 173 Å². The molecular formula is C23H22FN3O3. The monoisotopic (exact) mass is 407 g/mol. The van der Waals surface area contributed by atoms with Crippen LogP contribution in [0, 0.1) is 5.82 Å². The van der Waals surface area contributed by atoms with E-state index in [1.54, 1.807) is 31.4 Å². The van der Waals surface area contributed by atoms with Crippen molar-refractivity contribution in [3.63, 3.8) is 0 Å². The highest BCUT2D eigenvalue weighted by Crippen LogP contribution is 2.42. The molecule has 0 saturated heterocycles. The number of nitrogens with two attached hydrogens (primary N) is 1. The summed E-state index contributed by atoms with van der Waals surface area (Å²) in [4.78, 5) is 19.6. The first-order valence-electron chi connectivity index (χ1n) is 9.97. The molecule has 1 aliphatic heterocycles. The summed E-state index contributed by atoms with van der Waals surface area (Å²) in [7, 11) is 3.08. The molecule has 0 unspecified atom stereocenters. The number of carbonyl (C=O) groups is 1. The normalized spacial score (nSPS) is 16.0. The summed E-state index contributed by atoms with van der Waals surface area (Å²) in [5, 5.41) is 0.554. The van der Waals surface area contributed by atoms with Gasteiger partial charge in [0.2, 0.25) is 0 Å². The smallest absolute Gasteiger partial charge is 0.258 e. The van der Waals surface area contributed by atoms with E-state index in [2.05, 4.69) is 0 Å². The predicted molar refractivity (Wildman–Crippen MR) is 112 cm³/mol. The third-order valence-electron chi connectivity index (χ3n) is 6.21. The lowest BCUT2D eigenvalue weighted by atomic mass is 9.92. The fourth-order valence-electron chi connectivity index (χ4n) is 4.37. The summed E-state index contributed by atoms with van der Waals surface area (Å²) in [6.07, 6.45) is 3.13. The third kappa shape index (κ3) is 2.61. The summed E-state index contributed by atoms with van der Waals surface area (Å²) in [5.41, 5.74) is 9.07. The number of methoxy groups -OCH3 is 2. The van der Waals surface area contributed by atoms with E-state index in [0.29, 0.717) is 51.5 Å². The number of anilines is 1. The van der Waals surface area contributed by atoms with E-state index >= 15 is 4.39 Å². The van der Waals surface area contributed by atoms with Crippen LogP contribution in [-0.2, 0) is 6.54 Å². The van der Waals surface area contributed by atoms with Crippen LogP contribution >= 0.6 is 0 Å². The van der Waals surface area contributed by atoms with Crippen LogP contribution in [-0.4, -0.2) is 36.1 Å². The molecule has 2 aromatic carbocycles. The van der Waals surface area contributed by atoms with Crippen molar-refractivity contribution in [2.24, 2.45) is 0 Å². The van der Waals surface area contributed by atoms with Gasteiger partial charge in [-0.05, 0) is 49.6 Å². The molecule has 1 aliphatic carbocycles. The summed E-state index contributed by atoms with van der Waals surface area (Å²) in [6.45, 7) is 0.407. The number of rotatable bonds is 4. The van der Waals surface area contributed by atoms with Crippen molar-refractivity contribution in [2.75, 3.05) is 20.0 Å². The number of aromatic nitrogens is 1. The molecule has 6 nitrogen and oxygen atoms in total. The van der Waals surface area contributed by atoms with Gasteiger partial charge in [0.1, 0.15) is 17.3 Å². The molecule has 1 amide bonds. The van der Waals surface area contributed by atoms with Crippen molar-refractivity contribution >= 4 is 22.5 Å². The molecule has 0 radical (unpaired) electrons. The lowest BCUT2D eigenvalue weighted by molar-refractivity contribution is 0.0606. The average molecular weight is 407 g/mol. The van der Waals surface area contributed by atoms with Gasteiger partial charge in [-0.1, -0.05) is 0 Å². The van der Waals surface area contributed by atoms with E-state index in [1.807, 2.05) is 4.90 Å². The molecule has 5 rings (SSSR count). The van der Waals surface area contributed by atoms with Crippen molar-refractivity contribution < 1.29 is 18.7 Å². The van der Waals surface area contributed by atoms with Crippen LogP contribution in [0.3, 0.4) is 0 Å². The van der Waals surface area contributed by atoms with Gasteiger partial charge in [-0.2, -0.15) is 0 Å². The number of halogens is 1. The molecule has 7 heteroatoms. The number of carbonyl (C=O) groups excluding carboxylic acids is 1. The molecule has 3 aromatic rings. The Balaban J connectivity index is 1.75. The Hall–Kier alpha value is -3.35. The Morgan fingerprint density at radius 3 is 2.60 bits per heavy atom. The van der Waals surface area contributed by atoms with Crippen LogP contribution < -0.4 is 15.2 Å². The highest BCUT2D eigenvalue weighted by atomic mass is 19.1. The molecule has 1 saturated carbocycles. The lowest BCUT2D eigenvalue weighted by Gasteiger charge is -2.34. The number of hydrogen-bond donors (Lipinski definition) is 1. The van der Waals surface area contributed by atoms with Gasteiger partial charge in [0.25, 0.3) is 5.91 Å². The second-order valence-electron chi connectivity index (χ2n) is 7.75. The zero-order valence-electron chi connectivity index (χ0n) is 16.9. The molecule has 0 spiro atoms. The average Bonchev–Trinajstić information content (AvgIpc) is 3.02. The highest BCUT2D eigenvalue weighted by Gasteiger charge is 2.38. The second kappa shape index (κ2) is 6.86. The minimum absolute atomic E-state index is 0.0774. The second-order valence-corrected chi connectivity index (χ2v) is 7.75. The first kappa shape index (κ1) is 18.7. The number of hydrogen-bond acceptors (Lipinski definition) is 5. The maximum absolute atomic E-state index is 15.1. The zero-order valence-corrected chi connectivity index (χ0v) is 16.9. The number of amides is 1. The highest BCUT2D eigenvalue weighted by molar-refractivity contribution is 6.11. The van der Waals surface area contributed by atoms with Gasteiger partial charge >= 0.3 is 0 Å². The van der Waals surface area contributed by atoms with E-state index in [9.17, 15) is 4.79 Å². The van der Waals surface area contributed by atoms with Crippen LogP contribution in [0.1, 0.15) is 35.3 Å². The Morgan fingerprint density at radius 1 is 1.13 bits per heavy atom. The van der Waals surface area contributed by atoms with Gasteiger partial charge in [0.15, 0.2) is 0 Å². The molecule has 2 heterocycles. The Kier molecular flexibility index (Phi) is 4.27. The number of nitrogen functional groups attached to an aromatic ring is 1. The summed E-state index contributed by atoms with van der Waals surface area (Å²) in [5.74, 6) is 0.547. The van der Waals surface area contributed by atoms with Crippen LogP contribution in [0.2, 0.25) is 0 Å². The minimum atomic E-state index is -0.443. The molecule has 2 N–H and O–H groups in total.